The van der Waals surface area contributed by atoms with Gasteiger partial charge in [0.25, 0.3) is 5.91 Å². The molecule has 1 unspecified atom stereocenters. The van der Waals surface area contributed by atoms with Gasteiger partial charge in [-0.1, -0.05) is 18.0 Å². The molecule has 134 valence electrons. The normalized spacial score (nSPS) is 19.0. The van der Waals surface area contributed by atoms with Gasteiger partial charge in [0.05, 0.1) is 23.4 Å². The first kappa shape index (κ1) is 18.9. The van der Waals surface area contributed by atoms with E-state index in [0.29, 0.717) is 22.4 Å². The molecule has 0 aliphatic carbocycles. The summed E-state index contributed by atoms with van der Waals surface area (Å²) >= 11 is 6.23. The maximum absolute atomic E-state index is 12.7. The first-order chi connectivity index (χ1) is 11.5. The Kier molecular flexibility index (Phi) is 6.75. The number of amides is 1. The summed E-state index contributed by atoms with van der Waals surface area (Å²) in [7, 11) is 3.35. The van der Waals surface area contributed by atoms with E-state index in [2.05, 4.69) is 29.4 Å². The molecule has 1 aromatic rings. The molecule has 1 aliphatic rings. The van der Waals surface area contributed by atoms with Gasteiger partial charge in [0.1, 0.15) is 5.75 Å². The molecule has 2 rings (SSSR count). The van der Waals surface area contributed by atoms with Gasteiger partial charge in [-0.05, 0) is 39.3 Å². The van der Waals surface area contributed by atoms with Crippen molar-refractivity contribution < 1.29 is 9.53 Å². The van der Waals surface area contributed by atoms with Crippen LogP contribution >= 0.6 is 11.6 Å². The van der Waals surface area contributed by atoms with Crippen molar-refractivity contribution in [2.45, 2.75) is 45.2 Å². The number of likely N-dealkylation sites (tertiary alicyclic amines) is 1. The van der Waals surface area contributed by atoms with Crippen LogP contribution in [0.5, 0.6) is 5.75 Å². The number of ether oxygens (including phenoxy) is 1. The van der Waals surface area contributed by atoms with Gasteiger partial charge in [-0.3, -0.25) is 9.69 Å². The van der Waals surface area contributed by atoms with Gasteiger partial charge in [0, 0.05) is 31.7 Å². The molecule has 1 amide bonds. The van der Waals surface area contributed by atoms with E-state index in [0.717, 1.165) is 31.6 Å². The van der Waals surface area contributed by atoms with Crippen molar-refractivity contribution in [1.82, 2.24) is 10.2 Å². The lowest BCUT2D eigenvalue weighted by atomic mass is 10.1. The van der Waals surface area contributed by atoms with Gasteiger partial charge < -0.3 is 15.4 Å². The molecule has 0 saturated carbocycles. The third-order valence-corrected chi connectivity index (χ3v) is 4.88. The monoisotopic (exact) mass is 353 g/mol. The predicted octanol–water partition coefficient (Wildman–Crippen LogP) is 3.38. The molecule has 24 heavy (non-hydrogen) atoms. The zero-order valence-electron chi connectivity index (χ0n) is 15.0. The van der Waals surface area contributed by atoms with E-state index < -0.39 is 0 Å². The van der Waals surface area contributed by atoms with Crippen LogP contribution < -0.4 is 15.4 Å². The molecule has 1 saturated heterocycles. The largest absolute Gasteiger partial charge is 0.496 e. The maximum atomic E-state index is 12.7. The highest BCUT2D eigenvalue weighted by atomic mass is 35.5. The summed E-state index contributed by atoms with van der Waals surface area (Å²) in [5.41, 5.74) is 1.22. The first-order valence-electron chi connectivity index (χ1n) is 8.56. The van der Waals surface area contributed by atoms with E-state index in [1.54, 1.807) is 26.3 Å². The van der Waals surface area contributed by atoms with Crippen molar-refractivity contribution in [3.8, 4) is 5.75 Å². The minimum Gasteiger partial charge on any atom is -0.496 e. The minimum atomic E-state index is -0.132. The molecule has 6 heteroatoms. The highest BCUT2D eigenvalue weighted by Gasteiger charge is 2.23. The maximum Gasteiger partial charge on any atom is 0.255 e. The van der Waals surface area contributed by atoms with Crippen LogP contribution in [0.25, 0.3) is 0 Å². The zero-order chi connectivity index (χ0) is 17.7. The molecule has 0 spiro atoms. The lowest BCUT2D eigenvalue weighted by Gasteiger charge is -2.28. The van der Waals surface area contributed by atoms with Crippen molar-refractivity contribution in [3.05, 3.63) is 22.7 Å². The van der Waals surface area contributed by atoms with Crippen LogP contribution in [0.15, 0.2) is 12.1 Å². The van der Waals surface area contributed by atoms with Crippen LogP contribution in [0.2, 0.25) is 5.02 Å². The Morgan fingerprint density at radius 1 is 1.38 bits per heavy atom. The van der Waals surface area contributed by atoms with Gasteiger partial charge >= 0.3 is 0 Å². The van der Waals surface area contributed by atoms with E-state index >= 15 is 0 Å². The van der Waals surface area contributed by atoms with Crippen LogP contribution in [0.4, 0.5) is 5.69 Å². The number of carbonyl (C=O) groups excluding carboxylic acids is 1. The number of hydrogen-bond donors (Lipinski definition) is 2. The molecular formula is C18H28ClN3O2. The molecule has 0 radical (unpaired) electrons. The number of rotatable bonds is 5. The average Bonchev–Trinajstić information content (AvgIpc) is 2.80. The molecule has 1 aliphatic heterocycles. The molecule has 0 aromatic heterocycles. The third kappa shape index (κ3) is 4.54. The van der Waals surface area contributed by atoms with Gasteiger partial charge in [-0.2, -0.15) is 0 Å². The zero-order valence-corrected chi connectivity index (χ0v) is 15.7. The predicted molar refractivity (Wildman–Crippen MR) is 99.4 cm³/mol. The van der Waals surface area contributed by atoms with Gasteiger partial charge in [0.2, 0.25) is 0 Å². The molecule has 1 heterocycles. The molecule has 1 aromatic carbocycles. The quantitative estimate of drug-likeness (QED) is 0.852. The Hall–Kier alpha value is -1.46. The number of benzene rings is 1. The first-order valence-corrected chi connectivity index (χ1v) is 8.94. The molecule has 1 atom stereocenters. The molecule has 2 N–H and O–H groups in total. The number of carbonyl (C=O) groups is 1. The second-order valence-corrected chi connectivity index (χ2v) is 6.94. The summed E-state index contributed by atoms with van der Waals surface area (Å²) in [6, 6.07) is 4.06. The van der Waals surface area contributed by atoms with Crippen molar-refractivity contribution in [1.29, 1.82) is 0 Å². The second-order valence-electron chi connectivity index (χ2n) is 6.54. The summed E-state index contributed by atoms with van der Waals surface area (Å²) in [4.78, 5) is 15.2. The van der Waals surface area contributed by atoms with Gasteiger partial charge in [-0.15, -0.1) is 0 Å². The van der Waals surface area contributed by atoms with Crippen LogP contribution in [-0.2, 0) is 0 Å². The summed E-state index contributed by atoms with van der Waals surface area (Å²) in [5.74, 6) is 0.391. The van der Waals surface area contributed by atoms with Crippen LogP contribution in [0.1, 0.15) is 43.5 Å². The second kappa shape index (κ2) is 8.58. The summed E-state index contributed by atoms with van der Waals surface area (Å²) in [6.45, 7) is 6.37. The molecule has 0 bridgehead atoms. The standard InChI is InChI=1S/C18H28ClN3O2/c1-12(2)22-8-6-5-7-13(11-22)21-18(23)14-9-15(19)16(20-3)10-17(14)24-4/h9-10,12-13,20H,5-8,11H2,1-4H3,(H,21,23). The van der Waals surface area contributed by atoms with Crippen LogP contribution in [0, 0.1) is 0 Å². The third-order valence-electron chi connectivity index (χ3n) is 4.57. The minimum absolute atomic E-state index is 0.132. The number of halogens is 1. The number of methoxy groups -OCH3 is 1. The Balaban J connectivity index is 2.15. The number of hydrogen-bond acceptors (Lipinski definition) is 4. The Morgan fingerprint density at radius 3 is 2.75 bits per heavy atom. The fourth-order valence-electron chi connectivity index (χ4n) is 3.11. The highest BCUT2D eigenvalue weighted by molar-refractivity contribution is 6.33. The van der Waals surface area contributed by atoms with Gasteiger partial charge in [0.15, 0.2) is 0 Å². The average molecular weight is 354 g/mol. The van der Waals surface area contributed by atoms with E-state index in [9.17, 15) is 4.79 Å². The summed E-state index contributed by atoms with van der Waals surface area (Å²) in [6.07, 6.45) is 3.31. The SMILES string of the molecule is CNc1cc(OC)c(C(=O)NC2CCCCN(C(C)C)C2)cc1Cl. The molecule has 5 nitrogen and oxygen atoms in total. The molecular weight excluding hydrogens is 326 g/mol. The summed E-state index contributed by atoms with van der Waals surface area (Å²) < 4.78 is 5.37. The smallest absolute Gasteiger partial charge is 0.255 e. The lowest BCUT2D eigenvalue weighted by molar-refractivity contribution is 0.0918. The number of nitrogens with one attached hydrogen (secondary N) is 2. The lowest BCUT2D eigenvalue weighted by Crippen LogP contribution is -2.44. The van der Waals surface area contributed by atoms with Crippen LogP contribution in [-0.4, -0.2) is 50.1 Å². The van der Waals surface area contributed by atoms with E-state index in [1.165, 1.54) is 6.42 Å². The van der Waals surface area contributed by atoms with Crippen molar-refractivity contribution in [3.63, 3.8) is 0 Å². The van der Waals surface area contributed by atoms with E-state index in [-0.39, 0.29) is 11.9 Å². The van der Waals surface area contributed by atoms with Crippen molar-refractivity contribution in [2.75, 3.05) is 32.6 Å². The molecule has 1 fully saturated rings. The number of nitrogens with zero attached hydrogens (tertiary/aromatic N) is 1. The highest BCUT2D eigenvalue weighted by Crippen LogP contribution is 2.30. The fourth-order valence-corrected chi connectivity index (χ4v) is 3.37. The Labute approximate surface area is 149 Å². The van der Waals surface area contributed by atoms with Gasteiger partial charge in [-0.25, -0.2) is 0 Å². The fraction of sp³-hybridized carbons (Fsp3) is 0.611. The van der Waals surface area contributed by atoms with Crippen molar-refractivity contribution in [2.24, 2.45) is 0 Å². The van der Waals surface area contributed by atoms with Crippen LogP contribution in [0.3, 0.4) is 0 Å². The number of anilines is 1. The Morgan fingerprint density at radius 2 is 2.12 bits per heavy atom. The summed E-state index contributed by atoms with van der Waals surface area (Å²) in [5, 5.41) is 6.66. The Bertz CT molecular complexity index is 578. The van der Waals surface area contributed by atoms with E-state index in [4.69, 9.17) is 16.3 Å². The van der Waals surface area contributed by atoms with Crippen molar-refractivity contribution >= 4 is 23.2 Å². The van der Waals surface area contributed by atoms with E-state index in [1.807, 2.05) is 0 Å². The topological polar surface area (TPSA) is 53.6 Å².